The first-order valence-electron chi connectivity index (χ1n) is 7.19. The lowest BCUT2D eigenvalue weighted by Gasteiger charge is -2.24. The van der Waals surface area contributed by atoms with Crippen molar-refractivity contribution < 1.29 is 0 Å². The van der Waals surface area contributed by atoms with E-state index in [4.69, 9.17) is 0 Å². The maximum absolute atomic E-state index is 3.51. The van der Waals surface area contributed by atoms with Gasteiger partial charge in [0.2, 0.25) is 0 Å². The van der Waals surface area contributed by atoms with Gasteiger partial charge in [0.25, 0.3) is 0 Å². The molecule has 1 aliphatic heterocycles. The van der Waals surface area contributed by atoms with E-state index in [1.807, 2.05) is 0 Å². The average Bonchev–Trinajstić information content (AvgIpc) is 2.64. The van der Waals surface area contributed by atoms with E-state index < -0.39 is 0 Å². The lowest BCUT2D eigenvalue weighted by molar-refractivity contribution is 0.240. The number of nitrogens with one attached hydrogen (secondary N) is 1. The Hall–Kier alpha value is -0.120. The van der Waals surface area contributed by atoms with Gasteiger partial charge < -0.3 is 15.1 Å². The van der Waals surface area contributed by atoms with Crippen molar-refractivity contribution in [2.45, 2.75) is 26.7 Å². The molecule has 0 radical (unpaired) electrons. The first-order chi connectivity index (χ1) is 8.11. The minimum Gasteiger partial charge on any atom is -0.316 e. The Morgan fingerprint density at radius 2 is 2.24 bits per heavy atom. The van der Waals surface area contributed by atoms with Crippen LogP contribution in [-0.2, 0) is 0 Å². The summed E-state index contributed by atoms with van der Waals surface area (Å²) in [6.45, 7) is 11.9. The third kappa shape index (κ3) is 6.39. The molecule has 0 bridgehead atoms. The van der Waals surface area contributed by atoms with Crippen LogP contribution in [0.5, 0.6) is 0 Å². The van der Waals surface area contributed by atoms with Crippen molar-refractivity contribution in [2.24, 2.45) is 11.8 Å². The van der Waals surface area contributed by atoms with E-state index >= 15 is 0 Å². The summed E-state index contributed by atoms with van der Waals surface area (Å²) in [4.78, 5) is 4.97. The fraction of sp³-hybridized carbons (Fsp3) is 1.00. The van der Waals surface area contributed by atoms with Gasteiger partial charge >= 0.3 is 0 Å². The summed E-state index contributed by atoms with van der Waals surface area (Å²) in [5.41, 5.74) is 0. The number of likely N-dealkylation sites (tertiary alicyclic amines) is 1. The lowest BCUT2D eigenvalue weighted by atomic mass is 10.1. The Labute approximate surface area is 108 Å². The molecule has 0 spiro atoms. The highest BCUT2D eigenvalue weighted by Crippen LogP contribution is 2.15. The average molecular weight is 241 g/mol. The lowest BCUT2D eigenvalue weighted by Crippen LogP contribution is -2.34. The Kier molecular flexibility index (Phi) is 7.09. The Balaban J connectivity index is 2.09. The summed E-state index contributed by atoms with van der Waals surface area (Å²) < 4.78 is 0. The predicted octanol–water partition coefficient (Wildman–Crippen LogP) is 1.51. The molecule has 17 heavy (non-hydrogen) atoms. The van der Waals surface area contributed by atoms with Crippen molar-refractivity contribution in [3.05, 3.63) is 0 Å². The van der Waals surface area contributed by atoms with E-state index in [-0.39, 0.29) is 0 Å². The molecule has 1 rings (SSSR count). The number of rotatable bonds is 8. The molecule has 3 nitrogen and oxygen atoms in total. The van der Waals surface area contributed by atoms with Crippen LogP contribution in [0.4, 0.5) is 0 Å². The van der Waals surface area contributed by atoms with Crippen LogP contribution in [-0.4, -0.2) is 63.2 Å². The van der Waals surface area contributed by atoms with Gasteiger partial charge in [-0.15, -0.1) is 0 Å². The zero-order chi connectivity index (χ0) is 12.7. The Bertz CT molecular complexity index is 196. The van der Waals surface area contributed by atoms with E-state index in [9.17, 15) is 0 Å². The van der Waals surface area contributed by atoms with Crippen molar-refractivity contribution in [2.75, 3.05) is 53.4 Å². The van der Waals surface area contributed by atoms with Gasteiger partial charge in [0.05, 0.1) is 0 Å². The third-order valence-corrected chi connectivity index (χ3v) is 3.60. The van der Waals surface area contributed by atoms with Gasteiger partial charge in [-0.2, -0.15) is 0 Å². The Morgan fingerprint density at radius 1 is 1.47 bits per heavy atom. The monoisotopic (exact) mass is 241 g/mol. The molecule has 1 aliphatic rings. The van der Waals surface area contributed by atoms with Crippen molar-refractivity contribution in [3.8, 4) is 0 Å². The molecule has 0 aromatic carbocycles. The normalized spacial score (nSPS) is 23.5. The topological polar surface area (TPSA) is 18.5 Å². The molecule has 0 aromatic rings. The molecule has 0 aliphatic carbocycles. The second kappa shape index (κ2) is 8.06. The van der Waals surface area contributed by atoms with E-state index in [0.29, 0.717) is 0 Å². The molecule has 102 valence electrons. The fourth-order valence-corrected chi connectivity index (χ4v) is 2.81. The predicted molar refractivity (Wildman–Crippen MR) is 75.4 cm³/mol. The van der Waals surface area contributed by atoms with Crippen LogP contribution in [0.25, 0.3) is 0 Å². The maximum Gasteiger partial charge on any atom is 0.00194 e. The van der Waals surface area contributed by atoms with Gasteiger partial charge in [0, 0.05) is 19.6 Å². The van der Waals surface area contributed by atoms with Gasteiger partial charge in [-0.05, 0) is 58.4 Å². The molecule has 1 N–H and O–H groups in total. The molecule has 2 atom stereocenters. The molecule has 3 heteroatoms. The summed E-state index contributed by atoms with van der Waals surface area (Å²) in [6.07, 6.45) is 2.61. The zero-order valence-corrected chi connectivity index (χ0v) is 12.2. The van der Waals surface area contributed by atoms with Crippen molar-refractivity contribution in [1.29, 1.82) is 0 Å². The SMILES string of the molecule is CCCNCC(C)CN(C)CC1CCN(C)C1. The van der Waals surface area contributed by atoms with Crippen LogP contribution in [0.3, 0.4) is 0 Å². The van der Waals surface area contributed by atoms with Gasteiger partial charge in [0.15, 0.2) is 0 Å². The van der Waals surface area contributed by atoms with Crippen LogP contribution >= 0.6 is 0 Å². The smallest absolute Gasteiger partial charge is 0.00194 e. The summed E-state index contributed by atoms with van der Waals surface area (Å²) in [5.74, 6) is 1.64. The number of hydrogen-bond donors (Lipinski definition) is 1. The van der Waals surface area contributed by atoms with Gasteiger partial charge in [-0.3, -0.25) is 0 Å². The van der Waals surface area contributed by atoms with Crippen LogP contribution < -0.4 is 5.32 Å². The van der Waals surface area contributed by atoms with Crippen LogP contribution in [0.2, 0.25) is 0 Å². The quantitative estimate of drug-likeness (QED) is 0.650. The van der Waals surface area contributed by atoms with Crippen molar-refractivity contribution >= 4 is 0 Å². The molecule has 0 saturated carbocycles. The summed E-state index contributed by atoms with van der Waals surface area (Å²) in [7, 11) is 4.51. The molecule has 2 unspecified atom stereocenters. The molecule has 0 aromatic heterocycles. The van der Waals surface area contributed by atoms with Gasteiger partial charge in [-0.1, -0.05) is 13.8 Å². The third-order valence-electron chi connectivity index (χ3n) is 3.60. The number of hydrogen-bond acceptors (Lipinski definition) is 3. The molecule has 1 saturated heterocycles. The van der Waals surface area contributed by atoms with E-state index in [1.54, 1.807) is 0 Å². The molecule has 1 heterocycles. The Morgan fingerprint density at radius 3 is 2.82 bits per heavy atom. The number of nitrogens with zero attached hydrogens (tertiary/aromatic N) is 2. The second-order valence-electron chi connectivity index (χ2n) is 5.95. The highest BCUT2D eigenvalue weighted by Gasteiger charge is 2.21. The molecular weight excluding hydrogens is 210 g/mol. The van der Waals surface area contributed by atoms with E-state index in [0.717, 1.165) is 24.9 Å². The minimum absolute atomic E-state index is 0.755. The van der Waals surface area contributed by atoms with Gasteiger partial charge in [-0.25, -0.2) is 0 Å². The van der Waals surface area contributed by atoms with Crippen LogP contribution in [0.15, 0.2) is 0 Å². The molecule has 1 fully saturated rings. The van der Waals surface area contributed by atoms with Crippen LogP contribution in [0, 0.1) is 11.8 Å². The van der Waals surface area contributed by atoms with E-state index in [1.165, 1.54) is 39.0 Å². The summed E-state index contributed by atoms with van der Waals surface area (Å²) >= 11 is 0. The maximum atomic E-state index is 3.51. The molecular formula is C14H31N3. The second-order valence-corrected chi connectivity index (χ2v) is 5.95. The van der Waals surface area contributed by atoms with Gasteiger partial charge in [0.1, 0.15) is 0 Å². The van der Waals surface area contributed by atoms with Crippen molar-refractivity contribution in [1.82, 2.24) is 15.1 Å². The first kappa shape index (κ1) is 14.9. The standard InChI is InChI=1S/C14H31N3/c1-5-7-15-9-13(2)10-17(4)12-14-6-8-16(3)11-14/h13-15H,5-12H2,1-4H3. The zero-order valence-electron chi connectivity index (χ0n) is 12.2. The summed E-state index contributed by atoms with van der Waals surface area (Å²) in [5, 5.41) is 3.51. The van der Waals surface area contributed by atoms with E-state index in [2.05, 4.69) is 43.1 Å². The highest BCUT2D eigenvalue weighted by atomic mass is 15.1. The molecule has 0 amide bonds. The van der Waals surface area contributed by atoms with Crippen LogP contribution in [0.1, 0.15) is 26.7 Å². The largest absolute Gasteiger partial charge is 0.316 e. The van der Waals surface area contributed by atoms with Crippen molar-refractivity contribution in [3.63, 3.8) is 0 Å². The fourth-order valence-electron chi connectivity index (χ4n) is 2.81. The summed E-state index contributed by atoms with van der Waals surface area (Å²) in [6, 6.07) is 0. The highest BCUT2D eigenvalue weighted by molar-refractivity contribution is 4.76. The minimum atomic E-state index is 0.755. The first-order valence-corrected chi connectivity index (χ1v) is 7.19.